The molecule has 6 nitrogen and oxygen atoms in total. The second-order valence-electron chi connectivity index (χ2n) is 7.34. The van der Waals surface area contributed by atoms with Crippen molar-refractivity contribution in [3.8, 4) is 0 Å². The van der Waals surface area contributed by atoms with Gasteiger partial charge in [0.1, 0.15) is 24.1 Å². The molecule has 2 heterocycles. The number of ether oxygens (including phenoxy) is 1. The molecule has 150 valence electrons. The molecule has 1 atom stereocenters. The van der Waals surface area contributed by atoms with Crippen molar-refractivity contribution in [3.63, 3.8) is 0 Å². The number of nitrogens with zero attached hydrogens (tertiary/aromatic N) is 2. The number of benzene rings is 1. The lowest BCUT2D eigenvalue weighted by Gasteiger charge is -2.31. The maximum atomic E-state index is 10.9. The molecule has 3 rings (SSSR count). The molecule has 0 saturated carbocycles. The van der Waals surface area contributed by atoms with Gasteiger partial charge in [-0.15, -0.1) is 0 Å². The third-order valence-electron chi connectivity index (χ3n) is 5.16. The number of furan rings is 1. The number of thiocarbonyl (C=S) groups is 1. The van der Waals surface area contributed by atoms with Crippen molar-refractivity contribution in [2.75, 3.05) is 18.3 Å². The van der Waals surface area contributed by atoms with Crippen molar-refractivity contribution in [1.82, 2.24) is 5.01 Å². The van der Waals surface area contributed by atoms with Crippen molar-refractivity contribution in [2.24, 2.45) is 5.92 Å². The first-order chi connectivity index (χ1) is 13.4. The molecule has 28 heavy (non-hydrogen) atoms. The van der Waals surface area contributed by atoms with E-state index in [0.29, 0.717) is 17.6 Å². The topological polar surface area (TPSA) is 66.2 Å². The summed E-state index contributed by atoms with van der Waals surface area (Å²) in [6, 6.07) is 11.6. The molecule has 2 aromatic rings. The second-order valence-corrected chi connectivity index (χ2v) is 7.81. The van der Waals surface area contributed by atoms with Crippen molar-refractivity contribution in [1.29, 1.82) is 0 Å². The summed E-state index contributed by atoms with van der Waals surface area (Å²) in [6.07, 6.45) is 0.798. The Morgan fingerprint density at radius 2 is 1.93 bits per heavy atom. The van der Waals surface area contributed by atoms with E-state index in [4.69, 9.17) is 26.5 Å². The lowest BCUT2D eigenvalue weighted by molar-refractivity contribution is 0.0428. The molecule has 1 fully saturated rings. The van der Waals surface area contributed by atoms with Gasteiger partial charge in [-0.2, -0.15) is 0 Å². The van der Waals surface area contributed by atoms with Gasteiger partial charge in [-0.05, 0) is 41.7 Å². The fraction of sp³-hybridized carbons (Fsp3) is 0.429. The summed E-state index contributed by atoms with van der Waals surface area (Å²) in [4.78, 5) is 11.7. The van der Waals surface area contributed by atoms with Crippen molar-refractivity contribution in [2.45, 2.75) is 39.7 Å². The van der Waals surface area contributed by atoms with E-state index in [1.54, 1.807) is 6.07 Å². The number of anilines is 1. The van der Waals surface area contributed by atoms with Crippen LogP contribution in [-0.2, 0) is 11.3 Å². The van der Waals surface area contributed by atoms with Gasteiger partial charge in [-0.25, -0.2) is 4.79 Å². The number of carboxylic acid groups (broad SMARTS) is 1. The van der Waals surface area contributed by atoms with Gasteiger partial charge in [0, 0.05) is 13.0 Å². The third-order valence-corrected chi connectivity index (χ3v) is 5.58. The van der Waals surface area contributed by atoms with Crippen LogP contribution in [0.1, 0.15) is 55.0 Å². The lowest BCUT2D eigenvalue weighted by atomic mass is 9.90. The Kier molecular flexibility index (Phi) is 6.36. The largest absolute Gasteiger partial charge is 0.475 e. The quantitative estimate of drug-likeness (QED) is 0.644. The zero-order valence-electron chi connectivity index (χ0n) is 16.4. The van der Waals surface area contributed by atoms with Gasteiger partial charge in [-0.3, -0.25) is 10.0 Å². The lowest BCUT2D eigenvalue weighted by Crippen LogP contribution is -2.40. The highest BCUT2D eigenvalue weighted by atomic mass is 32.1. The first kappa shape index (κ1) is 20.4. The van der Waals surface area contributed by atoms with E-state index in [-0.39, 0.29) is 19.1 Å². The van der Waals surface area contributed by atoms with Crippen LogP contribution in [0.25, 0.3) is 0 Å². The fourth-order valence-electron chi connectivity index (χ4n) is 3.13. The first-order valence-electron chi connectivity index (χ1n) is 9.44. The normalized spacial score (nSPS) is 15.5. The summed E-state index contributed by atoms with van der Waals surface area (Å²) in [6.45, 7) is 7.99. The predicted octanol–water partition coefficient (Wildman–Crippen LogP) is 4.67. The van der Waals surface area contributed by atoms with Gasteiger partial charge in [0.25, 0.3) is 0 Å². The molecule has 1 N–H and O–H groups in total. The molecule has 0 bridgehead atoms. The Labute approximate surface area is 170 Å². The number of hydrazine groups is 1. The molecule has 0 amide bonds. The number of hydrogen-bond donors (Lipinski definition) is 1. The van der Waals surface area contributed by atoms with Gasteiger partial charge in [-0.1, -0.05) is 45.1 Å². The molecular formula is C21H26N2O4S. The van der Waals surface area contributed by atoms with Crippen LogP contribution in [0, 0.1) is 5.92 Å². The highest BCUT2D eigenvalue weighted by molar-refractivity contribution is 7.80. The van der Waals surface area contributed by atoms with Gasteiger partial charge < -0.3 is 14.3 Å². The summed E-state index contributed by atoms with van der Waals surface area (Å²) in [5.74, 6) is 0.401. The van der Waals surface area contributed by atoms with Gasteiger partial charge in [0.15, 0.2) is 0 Å². The van der Waals surface area contributed by atoms with Gasteiger partial charge in [0.2, 0.25) is 5.76 Å². The Morgan fingerprint density at radius 1 is 1.21 bits per heavy atom. The maximum absolute atomic E-state index is 10.9. The fourth-order valence-corrected chi connectivity index (χ4v) is 3.38. The van der Waals surface area contributed by atoms with Crippen LogP contribution < -0.4 is 5.01 Å². The SMILES string of the molecule is CC(C)C(C)c1ccc(N2CCC(=S)N2COCc2ccc(C(=O)O)o2)cc1. The van der Waals surface area contributed by atoms with Crippen LogP contribution in [0.2, 0.25) is 0 Å². The van der Waals surface area contributed by atoms with Gasteiger partial charge in [0.05, 0.1) is 5.69 Å². The van der Waals surface area contributed by atoms with Crippen molar-refractivity contribution >= 4 is 28.9 Å². The molecule has 1 aromatic carbocycles. The third kappa shape index (κ3) is 4.54. The number of rotatable bonds is 8. The highest BCUT2D eigenvalue weighted by Crippen LogP contribution is 2.28. The molecule has 7 heteroatoms. The Morgan fingerprint density at radius 3 is 2.54 bits per heavy atom. The number of hydrogen-bond acceptors (Lipinski definition) is 5. The number of carboxylic acids is 1. The molecule has 1 aliphatic heterocycles. The molecule has 1 aromatic heterocycles. The average Bonchev–Trinajstić information content (AvgIpc) is 3.29. The molecule has 1 unspecified atom stereocenters. The van der Waals surface area contributed by atoms with Gasteiger partial charge >= 0.3 is 5.97 Å². The number of aromatic carboxylic acids is 1. The van der Waals surface area contributed by atoms with Crippen molar-refractivity contribution in [3.05, 3.63) is 53.5 Å². The molecule has 0 spiro atoms. The number of carbonyl (C=O) groups is 1. The van der Waals surface area contributed by atoms with Crippen molar-refractivity contribution < 1.29 is 19.1 Å². The molecule has 1 saturated heterocycles. The van der Waals surface area contributed by atoms with E-state index in [1.165, 1.54) is 11.6 Å². The monoisotopic (exact) mass is 402 g/mol. The smallest absolute Gasteiger partial charge is 0.371 e. The standard InChI is InChI=1S/C21H26N2O4S/c1-14(2)15(3)16-4-6-17(7-5-16)22-11-10-20(28)23(22)13-26-12-18-8-9-19(27-18)21(24)25/h4-9,14-15H,10-13H2,1-3H3,(H,24,25). The average molecular weight is 403 g/mol. The summed E-state index contributed by atoms with van der Waals surface area (Å²) in [5, 5.41) is 13.0. The zero-order valence-corrected chi connectivity index (χ0v) is 17.2. The van der Waals surface area contributed by atoms with E-state index in [2.05, 4.69) is 50.0 Å². The summed E-state index contributed by atoms with van der Waals surface area (Å²) in [5.41, 5.74) is 2.41. The van der Waals surface area contributed by atoms with E-state index in [9.17, 15) is 4.79 Å². The highest BCUT2D eigenvalue weighted by Gasteiger charge is 2.26. The second kappa shape index (κ2) is 8.75. The summed E-state index contributed by atoms with van der Waals surface area (Å²) >= 11 is 5.49. The first-order valence-corrected chi connectivity index (χ1v) is 9.85. The minimum atomic E-state index is -1.09. The minimum Gasteiger partial charge on any atom is -0.475 e. The van der Waals surface area contributed by atoms with Crippen LogP contribution >= 0.6 is 12.2 Å². The van der Waals surface area contributed by atoms with E-state index >= 15 is 0 Å². The van der Waals surface area contributed by atoms with Crippen LogP contribution in [0.5, 0.6) is 0 Å². The molecule has 0 radical (unpaired) electrons. The maximum Gasteiger partial charge on any atom is 0.371 e. The van der Waals surface area contributed by atoms with Crippen LogP contribution in [0.3, 0.4) is 0 Å². The summed E-state index contributed by atoms with van der Waals surface area (Å²) < 4.78 is 10.9. The van der Waals surface area contributed by atoms with Crippen LogP contribution in [-0.4, -0.2) is 34.3 Å². The minimum absolute atomic E-state index is 0.0902. The molecule has 0 aliphatic carbocycles. The Bertz CT molecular complexity index is 831. The Hall–Kier alpha value is -2.38. The zero-order chi connectivity index (χ0) is 20.3. The van der Waals surface area contributed by atoms with E-state index in [1.807, 2.05) is 5.01 Å². The van der Waals surface area contributed by atoms with E-state index < -0.39 is 5.97 Å². The van der Waals surface area contributed by atoms with E-state index in [0.717, 1.165) is 23.6 Å². The predicted molar refractivity (Wildman–Crippen MR) is 111 cm³/mol. The Balaban J connectivity index is 1.61. The molecule has 1 aliphatic rings. The summed E-state index contributed by atoms with van der Waals surface area (Å²) in [7, 11) is 0. The molecular weight excluding hydrogens is 376 g/mol. The van der Waals surface area contributed by atoms with Crippen LogP contribution in [0.4, 0.5) is 5.69 Å². The van der Waals surface area contributed by atoms with Crippen LogP contribution in [0.15, 0.2) is 40.8 Å².